The monoisotopic (exact) mass is 260 g/mol. The molecule has 0 amide bonds. The number of benzene rings is 1. The Kier molecular flexibility index (Phi) is 5.12. The van der Waals surface area contributed by atoms with Crippen LogP contribution in [0.3, 0.4) is 0 Å². The number of methoxy groups -OCH3 is 1. The summed E-state index contributed by atoms with van der Waals surface area (Å²) in [6.45, 7) is 1.68. The molecular weight excluding hydrogens is 240 g/mol. The normalized spacial score (nSPS) is 10.8. The number of aromatic nitrogens is 2. The highest BCUT2D eigenvalue weighted by Crippen LogP contribution is 2.19. The first-order valence-corrected chi connectivity index (χ1v) is 6.55. The molecule has 0 saturated heterocycles. The van der Waals surface area contributed by atoms with Crippen molar-refractivity contribution in [1.29, 1.82) is 0 Å². The third-order valence-electron chi connectivity index (χ3n) is 3.07. The minimum absolute atomic E-state index is 0.244. The van der Waals surface area contributed by atoms with Gasteiger partial charge in [-0.05, 0) is 24.0 Å². The highest BCUT2D eigenvalue weighted by atomic mass is 16.5. The first kappa shape index (κ1) is 13.8. The maximum Gasteiger partial charge on any atom is 0.0658 e. The minimum Gasteiger partial charge on any atom is -0.396 e. The van der Waals surface area contributed by atoms with Crippen molar-refractivity contribution in [2.75, 3.05) is 20.3 Å². The second-order valence-corrected chi connectivity index (χ2v) is 4.51. The molecule has 1 aromatic carbocycles. The van der Waals surface area contributed by atoms with Gasteiger partial charge in [0.2, 0.25) is 0 Å². The quantitative estimate of drug-likeness (QED) is 0.829. The first-order valence-electron chi connectivity index (χ1n) is 6.55. The van der Waals surface area contributed by atoms with Crippen molar-refractivity contribution < 1.29 is 9.84 Å². The fourth-order valence-corrected chi connectivity index (χ4v) is 1.97. The predicted octanol–water partition coefficient (Wildman–Crippen LogP) is 2.12. The van der Waals surface area contributed by atoms with Gasteiger partial charge in [0.25, 0.3) is 0 Å². The molecule has 1 aromatic heterocycles. The second kappa shape index (κ2) is 7.07. The molecule has 1 heterocycles. The number of ether oxygens (including phenoxy) is 1. The maximum atomic E-state index is 8.81. The van der Waals surface area contributed by atoms with Gasteiger partial charge in [-0.2, -0.15) is 5.10 Å². The van der Waals surface area contributed by atoms with E-state index in [-0.39, 0.29) is 6.61 Å². The zero-order valence-corrected chi connectivity index (χ0v) is 11.2. The fourth-order valence-electron chi connectivity index (χ4n) is 1.97. The Morgan fingerprint density at radius 3 is 2.68 bits per heavy atom. The number of hydrogen-bond donors (Lipinski definition) is 1. The van der Waals surface area contributed by atoms with Crippen molar-refractivity contribution in [3.05, 3.63) is 42.2 Å². The Hall–Kier alpha value is -1.65. The first-order chi connectivity index (χ1) is 9.33. The highest BCUT2D eigenvalue weighted by molar-refractivity contribution is 5.61. The van der Waals surface area contributed by atoms with Crippen LogP contribution in [0.4, 0.5) is 0 Å². The molecule has 2 rings (SSSR count). The van der Waals surface area contributed by atoms with E-state index in [0.717, 1.165) is 30.5 Å². The lowest BCUT2D eigenvalue weighted by atomic mass is 10.0. The molecule has 2 aromatic rings. The summed E-state index contributed by atoms with van der Waals surface area (Å²) in [4.78, 5) is 0. The van der Waals surface area contributed by atoms with Crippen LogP contribution in [-0.4, -0.2) is 35.2 Å². The Bertz CT molecular complexity index is 491. The van der Waals surface area contributed by atoms with Gasteiger partial charge in [-0.15, -0.1) is 0 Å². The molecule has 102 valence electrons. The van der Waals surface area contributed by atoms with E-state index >= 15 is 0 Å². The van der Waals surface area contributed by atoms with E-state index in [2.05, 4.69) is 29.4 Å². The van der Waals surface area contributed by atoms with E-state index in [1.54, 1.807) is 7.11 Å². The fraction of sp³-hybridized carbons (Fsp3) is 0.400. The molecule has 0 bridgehead atoms. The van der Waals surface area contributed by atoms with E-state index in [1.807, 2.05) is 17.1 Å². The molecule has 1 N–H and O–H groups in total. The Labute approximate surface area is 113 Å². The van der Waals surface area contributed by atoms with E-state index in [4.69, 9.17) is 9.84 Å². The third-order valence-corrected chi connectivity index (χ3v) is 3.07. The number of nitrogens with zero attached hydrogens (tertiary/aromatic N) is 2. The minimum atomic E-state index is 0.244. The summed E-state index contributed by atoms with van der Waals surface area (Å²) in [7, 11) is 1.69. The van der Waals surface area contributed by atoms with Crippen molar-refractivity contribution in [3.8, 4) is 11.1 Å². The van der Waals surface area contributed by atoms with Crippen LogP contribution in [0.2, 0.25) is 0 Å². The van der Waals surface area contributed by atoms with Crippen molar-refractivity contribution >= 4 is 0 Å². The van der Waals surface area contributed by atoms with Crippen LogP contribution in [0.25, 0.3) is 11.1 Å². The van der Waals surface area contributed by atoms with Crippen LogP contribution in [0.1, 0.15) is 12.0 Å². The molecule has 4 nitrogen and oxygen atoms in total. The van der Waals surface area contributed by atoms with Crippen LogP contribution in [0.15, 0.2) is 36.7 Å². The highest BCUT2D eigenvalue weighted by Gasteiger charge is 2.02. The molecule has 0 spiro atoms. The molecule has 0 atom stereocenters. The van der Waals surface area contributed by atoms with Crippen molar-refractivity contribution in [2.45, 2.75) is 19.4 Å². The summed E-state index contributed by atoms with van der Waals surface area (Å²) >= 11 is 0. The molecule has 0 aliphatic rings. The van der Waals surface area contributed by atoms with Crippen molar-refractivity contribution in [2.24, 2.45) is 0 Å². The van der Waals surface area contributed by atoms with Gasteiger partial charge in [-0.25, -0.2) is 0 Å². The molecule has 0 aliphatic heterocycles. The van der Waals surface area contributed by atoms with Crippen LogP contribution >= 0.6 is 0 Å². The van der Waals surface area contributed by atoms with Gasteiger partial charge in [-0.3, -0.25) is 4.68 Å². The number of aliphatic hydroxyl groups excluding tert-OH is 1. The molecule has 0 radical (unpaired) electrons. The maximum absolute atomic E-state index is 8.81. The topological polar surface area (TPSA) is 47.3 Å². The molecule has 0 unspecified atom stereocenters. The van der Waals surface area contributed by atoms with E-state index < -0.39 is 0 Å². The zero-order chi connectivity index (χ0) is 13.5. The van der Waals surface area contributed by atoms with Crippen LogP contribution in [0, 0.1) is 0 Å². The lowest BCUT2D eigenvalue weighted by Crippen LogP contribution is -2.03. The average Bonchev–Trinajstić information content (AvgIpc) is 2.92. The summed E-state index contributed by atoms with van der Waals surface area (Å²) < 4.78 is 6.92. The Morgan fingerprint density at radius 2 is 2.00 bits per heavy atom. The van der Waals surface area contributed by atoms with Gasteiger partial charge in [0.05, 0.1) is 19.3 Å². The van der Waals surface area contributed by atoms with Gasteiger partial charge in [0, 0.05) is 25.5 Å². The molecule has 0 saturated carbocycles. The van der Waals surface area contributed by atoms with Crippen molar-refractivity contribution in [1.82, 2.24) is 9.78 Å². The standard InChI is InChI=1S/C15H20N2O2/c1-19-10-8-17-12-15(11-16-17)14-6-4-13(5-7-14)3-2-9-18/h4-7,11-12,18H,2-3,8-10H2,1H3. The number of aliphatic hydroxyl groups is 1. The van der Waals surface area contributed by atoms with Gasteiger partial charge in [0.15, 0.2) is 0 Å². The molecule has 4 heteroatoms. The van der Waals surface area contributed by atoms with Gasteiger partial charge in [-0.1, -0.05) is 24.3 Å². The largest absolute Gasteiger partial charge is 0.396 e. The second-order valence-electron chi connectivity index (χ2n) is 4.51. The Morgan fingerprint density at radius 1 is 1.21 bits per heavy atom. The van der Waals surface area contributed by atoms with Crippen LogP contribution in [0.5, 0.6) is 0 Å². The summed E-state index contributed by atoms with van der Waals surface area (Å²) in [6.07, 6.45) is 5.64. The Balaban J connectivity index is 2.02. The number of hydrogen-bond acceptors (Lipinski definition) is 3. The summed E-state index contributed by atoms with van der Waals surface area (Å²) in [5.41, 5.74) is 3.53. The summed E-state index contributed by atoms with van der Waals surface area (Å²) in [5.74, 6) is 0. The average molecular weight is 260 g/mol. The van der Waals surface area contributed by atoms with E-state index in [0.29, 0.717) is 6.61 Å². The molecule has 0 aliphatic carbocycles. The lowest BCUT2D eigenvalue weighted by Gasteiger charge is -2.02. The molecule has 19 heavy (non-hydrogen) atoms. The SMILES string of the molecule is COCCn1cc(-c2ccc(CCCO)cc2)cn1. The van der Waals surface area contributed by atoms with Gasteiger partial charge < -0.3 is 9.84 Å². The third kappa shape index (κ3) is 3.91. The number of rotatable bonds is 7. The molecular formula is C15H20N2O2. The van der Waals surface area contributed by atoms with E-state index in [1.165, 1.54) is 5.56 Å². The van der Waals surface area contributed by atoms with Gasteiger partial charge >= 0.3 is 0 Å². The summed E-state index contributed by atoms with van der Waals surface area (Å²) in [5, 5.41) is 13.1. The van der Waals surface area contributed by atoms with Gasteiger partial charge in [0.1, 0.15) is 0 Å². The van der Waals surface area contributed by atoms with Crippen LogP contribution in [-0.2, 0) is 17.7 Å². The zero-order valence-electron chi connectivity index (χ0n) is 11.2. The lowest BCUT2D eigenvalue weighted by molar-refractivity contribution is 0.183. The predicted molar refractivity (Wildman–Crippen MR) is 74.9 cm³/mol. The summed E-state index contributed by atoms with van der Waals surface area (Å²) in [6, 6.07) is 8.42. The van der Waals surface area contributed by atoms with Crippen molar-refractivity contribution in [3.63, 3.8) is 0 Å². The molecule has 0 fully saturated rings. The van der Waals surface area contributed by atoms with E-state index in [9.17, 15) is 0 Å². The smallest absolute Gasteiger partial charge is 0.0658 e. The number of aryl methyl sites for hydroxylation is 1. The van der Waals surface area contributed by atoms with Crippen LogP contribution < -0.4 is 0 Å².